The number of carbonyl (C=O) groups is 2. The van der Waals surface area contributed by atoms with Gasteiger partial charge in [-0.1, -0.05) is 0 Å². The Morgan fingerprint density at radius 1 is 1.38 bits per heavy atom. The van der Waals surface area contributed by atoms with E-state index in [1.807, 2.05) is 0 Å². The first-order valence-corrected chi connectivity index (χ1v) is 5.35. The van der Waals surface area contributed by atoms with Crippen molar-refractivity contribution in [1.82, 2.24) is 10.2 Å². The number of amides is 2. The van der Waals surface area contributed by atoms with Crippen LogP contribution in [-0.4, -0.2) is 63.3 Å². The molecule has 0 saturated carbocycles. The fourth-order valence-corrected chi connectivity index (χ4v) is 1.42. The lowest BCUT2D eigenvalue weighted by molar-refractivity contribution is -0.139. The van der Waals surface area contributed by atoms with Gasteiger partial charge in [-0.25, -0.2) is 0 Å². The molecule has 0 unspecified atom stereocenters. The van der Waals surface area contributed by atoms with Gasteiger partial charge in [-0.15, -0.1) is 0 Å². The molecule has 1 heterocycles. The van der Waals surface area contributed by atoms with Gasteiger partial charge >= 0.3 is 0 Å². The van der Waals surface area contributed by atoms with Crippen LogP contribution in [0.3, 0.4) is 0 Å². The van der Waals surface area contributed by atoms with Crippen molar-refractivity contribution in [3.63, 3.8) is 0 Å². The van der Waals surface area contributed by atoms with E-state index in [0.717, 1.165) is 0 Å². The summed E-state index contributed by atoms with van der Waals surface area (Å²) in [5.74, 6) is -0.397. The summed E-state index contributed by atoms with van der Waals surface area (Å²) in [5.41, 5.74) is 0. The van der Waals surface area contributed by atoms with E-state index in [1.54, 1.807) is 12.0 Å². The van der Waals surface area contributed by atoms with Crippen LogP contribution in [0.5, 0.6) is 0 Å². The number of rotatable bonds is 5. The fourth-order valence-electron chi connectivity index (χ4n) is 1.42. The molecule has 2 amide bonds. The summed E-state index contributed by atoms with van der Waals surface area (Å²) in [5, 5.41) is 2.61. The van der Waals surface area contributed by atoms with Crippen LogP contribution < -0.4 is 5.32 Å². The molecular formula is C10H18N2O4. The third-order valence-corrected chi connectivity index (χ3v) is 2.30. The van der Waals surface area contributed by atoms with Crippen LogP contribution >= 0.6 is 0 Å². The molecule has 1 N–H and O–H groups in total. The van der Waals surface area contributed by atoms with Gasteiger partial charge in [0.2, 0.25) is 11.8 Å². The van der Waals surface area contributed by atoms with Crippen LogP contribution in [-0.2, 0) is 19.1 Å². The highest BCUT2D eigenvalue weighted by Crippen LogP contribution is 1.99. The summed E-state index contributed by atoms with van der Waals surface area (Å²) in [7, 11) is 1.56. The zero-order valence-electron chi connectivity index (χ0n) is 9.53. The van der Waals surface area contributed by atoms with Crippen molar-refractivity contribution in [2.24, 2.45) is 0 Å². The van der Waals surface area contributed by atoms with Gasteiger partial charge in [-0.05, 0) is 0 Å². The van der Waals surface area contributed by atoms with Crippen molar-refractivity contribution >= 4 is 11.8 Å². The Hall–Kier alpha value is -1.14. The molecule has 0 spiro atoms. The first-order chi connectivity index (χ1) is 7.74. The molecule has 1 fully saturated rings. The molecule has 1 aliphatic rings. The Bertz CT molecular complexity index is 239. The minimum Gasteiger partial charge on any atom is -0.383 e. The molecular weight excluding hydrogens is 212 g/mol. The highest BCUT2D eigenvalue weighted by atomic mass is 16.5. The van der Waals surface area contributed by atoms with Gasteiger partial charge in [0, 0.05) is 26.7 Å². The van der Waals surface area contributed by atoms with E-state index < -0.39 is 0 Å². The number of hydrogen-bond acceptors (Lipinski definition) is 4. The van der Waals surface area contributed by atoms with Crippen LogP contribution in [0.1, 0.15) is 6.42 Å². The lowest BCUT2D eigenvalue weighted by Crippen LogP contribution is -2.42. The standard InChI is InChI=1S/C10H18N2O4/c1-15-5-2-11-9(13)8-10(14)12-3-6-16-7-4-12/h2-8H2,1H3,(H,11,13). The van der Waals surface area contributed by atoms with Gasteiger partial charge in [-0.2, -0.15) is 0 Å². The summed E-state index contributed by atoms with van der Waals surface area (Å²) < 4.78 is 9.91. The Labute approximate surface area is 94.9 Å². The van der Waals surface area contributed by atoms with E-state index in [9.17, 15) is 9.59 Å². The first kappa shape index (κ1) is 12.9. The minimum absolute atomic E-state index is 0.0935. The summed E-state index contributed by atoms with van der Waals surface area (Å²) in [4.78, 5) is 24.6. The molecule has 6 nitrogen and oxygen atoms in total. The van der Waals surface area contributed by atoms with Crippen molar-refractivity contribution < 1.29 is 19.1 Å². The van der Waals surface area contributed by atoms with Crippen LogP contribution in [0.4, 0.5) is 0 Å². The van der Waals surface area contributed by atoms with Crippen molar-refractivity contribution in [2.75, 3.05) is 46.6 Å². The molecule has 1 rings (SSSR count). The maximum atomic E-state index is 11.6. The quantitative estimate of drug-likeness (QED) is 0.486. The van der Waals surface area contributed by atoms with Gasteiger partial charge < -0.3 is 19.7 Å². The molecule has 0 aliphatic carbocycles. The molecule has 0 atom stereocenters. The van der Waals surface area contributed by atoms with E-state index in [1.165, 1.54) is 0 Å². The van der Waals surface area contributed by atoms with E-state index >= 15 is 0 Å². The van der Waals surface area contributed by atoms with Crippen molar-refractivity contribution in [2.45, 2.75) is 6.42 Å². The maximum Gasteiger partial charge on any atom is 0.232 e. The normalized spacial score (nSPS) is 15.9. The molecule has 6 heteroatoms. The number of carbonyl (C=O) groups excluding carboxylic acids is 2. The topological polar surface area (TPSA) is 67.9 Å². The van der Waals surface area contributed by atoms with Crippen LogP contribution in [0.2, 0.25) is 0 Å². The summed E-state index contributed by atoms with van der Waals surface area (Å²) in [6, 6.07) is 0. The summed E-state index contributed by atoms with van der Waals surface area (Å²) >= 11 is 0. The summed E-state index contributed by atoms with van der Waals surface area (Å²) in [6.45, 7) is 3.14. The van der Waals surface area contributed by atoms with Crippen LogP contribution in [0, 0.1) is 0 Å². The molecule has 0 aromatic carbocycles. The van der Waals surface area contributed by atoms with Crippen molar-refractivity contribution in [3.05, 3.63) is 0 Å². The fraction of sp³-hybridized carbons (Fsp3) is 0.800. The predicted octanol–water partition coefficient (Wildman–Crippen LogP) is -1.00. The number of nitrogens with one attached hydrogen (secondary N) is 1. The van der Waals surface area contributed by atoms with Gasteiger partial charge in [0.05, 0.1) is 19.8 Å². The van der Waals surface area contributed by atoms with Gasteiger partial charge in [0.25, 0.3) is 0 Å². The number of morpholine rings is 1. The lowest BCUT2D eigenvalue weighted by atomic mass is 10.3. The average molecular weight is 230 g/mol. The van der Waals surface area contributed by atoms with Crippen molar-refractivity contribution in [3.8, 4) is 0 Å². The molecule has 0 aromatic rings. The Balaban J connectivity index is 2.19. The van der Waals surface area contributed by atoms with E-state index in [0.29, 0.717) is 39.5 Å². The molecule has 1 aliphatic heterocycles. The molecule has 16 heavy (non-hydrogen) atoms. The van der Waals surface area contributed by atoms with E-state index in [2.05, 4.69) is 5.32 Å². The highest BCUT2D eigenvalue weighted by Gasteiger charge is 2.19. The van der Waals surface area contributed by atoms with Crippen LogP contribution in [0.25, 0.3) is 0 Å². The largest absolute Gasteiger partial charge is 0.383 e. The highest BCUT2D eigenvalue weighted by molar-refractivity contribution is 5.96. The molecule has 0 radical (unpaired) electrons. The predicted molar refractivity (Wildman–Crippen MR) is 56.9 cm³/mol. The van der Waals surface area contributed by atoms with Gasteiger partial charge in [0.1, 0.15) is 6.42 Å². The second kappa shape index (κ2) is 7.19. The molecule has 1 saturated heterocycles. The smallest absolute Gasteiger partial charge is 0.232 e. The monoisotopic (exact) mass is 230 g/mol. The number of ether oxygens (including phenoxy) is 2. The third kappa shape index (κ3) is 4.59. The van der Waals surface area contributed by atoms with E-state index in [4.69, 9.17) is 9.47 Å². The Kier molecular flexibility index (Phi) is 5.81. The third-order valence-electron chi connectivity index (χ3n) is 2.30. The second-order valence-corrected chi connectivity index (χ2v) is 3.51. The Morgan fingerprint density at radius 3 is 2.69 bits per heavy atom. The number of nitrogens with zero attached hydrogens (tertiary/aromatic N) is 1. The minimum atomic E-state index is -0.256. The van der Waals surface area contributed by atoms with E-state index in [-0.39, 0.29) is 18.2 Å². The average Bonchev–Trinajstić information content (AvgIpc) is 2.30. The van der Waals surface area contributed by atoms with Crippen molar-refractivity contribution in [1.29, 1.82) is 0 Å². The SMILES string of the molecule is COCCNC(=O)CC(=O)N1CCOCC1. The zero-order chi connectivity index (χ0) is 11.8. The Morgan fingerprint density at radius 2 is 2.06 bits per heavy atom. The van der Waals surface area contributed by atoms with Crippen LogP contribution in [0.15, 0.2) is 0 Å². The number of methoxy groups -OCH3 is 1. The zero-order valence-corrected chi connectivity index (χ0v) is 9.53. The number of hydrogen-bond donors (Lipinski definition) is 1. The molecule has 92 valence electrons. The maximum absolute atomic E-state index is 11.6. The molecule has 0 bridgehead atoms. The first-order valence-electron chi connectivity index (χ1n) is 5.35. The second-order valence-electron chi connectivity index (χ2n) is 3.51. The molecule has 0 aromatic heterocycles. The lowest BCUT2D eigenvalue weighted by Gasteiger charge is -2.26. The summed E-state index contributed by atoms with van der Waals surface area (Å²) in [6.07, 6.45) is -0.0935. The van der Waals surface area contributed by atoms with Gasteiger partial charge in [0.15, 0.2) is 0 Å². The van der Waals surface area contributed by atoms with Gasteiger partial charge in [-0.3, -0.25) is 9.59 Å².